The predicted molar refractivity (Wildman–Crippen MR) is 202 cm³/mol. The van der Waals surface area contributed by atoms with Crippen LogP contribution < -0.4 is 26.2 Å². The number of fused-ring (bicyclic) bond motifs is 1. The molecule has 284 valence electrons. The molecule has 0 aliphatic rings. The van der Waals surface area contributed by atoms with Crippen molar-refractivity contribution in [3.63, 3.8) is 0 Å². The van der Waals surface area contributed by atoms with E-state index in [1.54, 1.807) is 24.9 Å². The molecule has 0 saturated heterocycles. The van der Waals surface area contributed by atoms with Gasteiger partial charge < -0.3 is 51.8 Å². The molecule has 0 aliphatic carbocycles. The molecule has 0 atom stereocenters. The SMILES string of the molecule is COCCOCCOCCOCCOCCOCCOCCOCCn1c(=O)c(P(=O)(c2ccccc2)c2ccccc2)cc2cc(OC)ccc21. The minimum Gasteiger partial charge on any atom is -0.497 e. The van der Waals surface area contributed by atoms with Gasteiger partial charge in [-0.2, -0.15) is 0 Å². The molecule has 0 radical (unpaired) electrons. The first kappa shape index (κ1) is 41.3. The van der Waals surface area contributed by atoms with Crippen LogP contribution in [0.25, 0.3) is 10.9 Å². The molecule has 4 rings (SSSR count). The van der Waals surface area contributed by atoms with Crippen molar-refractivity contribution in [1.29, 1.82) is 0 Å². The Bertz CT molecular complexity index is 1630. The molecule has 1 heterocycles. The van der Waals surface area contributed by atoms with Crippen molar-refractivity contribution in [3.05, 3.63) is 95.3 Å². The maximum atomic E-state index is 15.1. The summed E-state index contributed by atoms with van der Waals surface area (Å²) >= 11 is 0. The summed E-state index contributed by atoms with van der Waals surface area (Å²) in [5.41, 5.74) is 0.389. The lowest BCUT2D eigenvalue weighted by Gasteiger charge is -2.22. The molecule has 0 bridgehead atoms. The maximum Gasteiger partial charge on any atom is 0.262 e. The van der Waals surface area contributed by atoms with Gasteiger partial charge in [0.15, 0.2) is 7.14 Å². The van der Waals surface area contributed by atoms with Gasteiger partial charge in [-0.25, -0.2) is 0 Å². The van der Waals surface area contributed by atoms with E-state index in [2.05, 4.69) is 0 Å². The minimum absolute atomic E-state index is 0.241. The zero-order chi connectivity index (χ0) is 36.7. The summed E-state index contributed by atoms with van der Waals surface area (Å²) in [5, 5.41) is 2.18. The van der Waals surface area contributed by atoms with Crippen molar-refractivity contribution >= 4 is 34.0 Å². The average Bonchev–Trinajstić information content (AvgIpc) is 3.18. The first-order chi connectivity index (χ1) is 25.6. The fourth-order valence-electron chi connectivity index (χ4n) is 5.35. The molecular weight excluding hydrogens is 689 g/mol. The fraction of sp³-hybridized carbons (Fsp3) is 0.462. The van der Waals surface area contributed by atoms with Gasteiger partial charge in [-0.1, -0.05) is 60.7 Å². The van der Waals surface area contributed by atoms with E-state index in [0.717, 1.165) is 5.39 Å². The van der Waals surface area contributed by atoms with Crippen LogP contribution in [0.4, 0.5) is 0 Å². The van der Waals surface area contributed by atoms with Gasteiger partial charge in [-0.3, -0.25) is 4.79 Å². The third-order valence-corrected chi connectivity index (χ3v) is 11.0. The Morgan fingerprint density at radius 3 is 1.37 bits per heavy atom. The third-order valence-electron chi connectivity index (χ3n) is 7.98. The van der Waals surface area contributed by atoms with E-state index in [1.807, 2.05) is 78.9 Å². The van der Waals surface area contributed by atoms with Gasteiger partial charge in [0.05, 0.1) is 117 Å². The highest BCUT2D eigenvalue weighted by atomic mass is 31.2. The van der Waals surface area contributed by atoms with Crippen LogP contribution in [0.15, 0.2) is 89.7 Å². The lowest BCUT2D eigenvalue weighted by atomic mass is 10.2. The Morgan fingerprint density at radius 1 is 0.519 bits per heavy atom. The highest BCUT2D eigenvalue weighted by Crippen LogP contribution is 2.41. The Hall–Kier alpha value is -3.42. The molecule has 0 amide bonds. The van der Waals surface area contributed by atoms with Gasteiger partial charge in [-0.15, -0.1) is 0 Å². The smallest absolute Gasteiger partial charge is 0.262 e. The van der Waals surface area contributed by atoms with E-state index in [-0.39, 0.29) is 24.0 Å². The first-order valence-corrected chi connectivity index (χ1v) is 19.3. The highest BCUT2D eigenvalue weighted by molar-refractivity contribution is 7.85. The Morgan fingerprint density at radius 2 is 0.942 bits per heavy atom. The van der Waals surface area contributed by atoms with E-state index in [9.17, 15) is 4.79 Å². The van der Waals surface area contributed by atoms with Gasteiger partial charge in [0.25, 0.3) is 5.56 Å². The molecule has 12 nitrogen and oxygen atoms in total. The van der Waals surface area contributed by atoms with Crippen LogP contribution >= 0.6 is 7.14 Å². The topological polar surface area (TPSA) is 122 Å². The minimum atomic E-state index is -3.52. The summed E-state index contributed by atoms with van der Waals surface area (Å²) in [6.45, 7) is 7.26. The molecule has 0 N–H and O–H groups in total. The second kappa shape index (κ2) is 24.0. The molecule has 0 aliphatic heterocycles. The average molecular weight is 742 g/mol. The van der Waals surface area contributed by atoms with Gasteiger partial charge in [0.1, 0.15) is 5.75 Å². The van der Waals surface area contributed by atoms with Crippen molar-refractivity contribution in [2.75, 3.05) is 113 Å². The van der Waals surface area contributed by atoms with Crippen molar-refractivity contribution in [3.8, 4) is 5.75 Å². The summed E-state index contributed by atoms with van der Waals surface area (Å²) in [5.74, 6) is 0.641. The van der Waals surface area contributed by atoms with Gasteiger partial charge in [-0.05, 0) is 24.3 Å². The van der Waals surface area contributed by atoms with Crippen molar-refractivity contribution in [2.45, 2.75) is 6.54 Å². The lowest BCUT2D eigenvalue weighted by Crippen LogP contribution is -2.40. The predicted octanol–water partition coefficient (Wildman–Crippen LogP) is 3.41. The molecular formula is C39H52NO11P. The van der Waals surface area contributed by atoms with Crippen LogP contribution in [0.1, 0.15) is 0 Å². The number of rotatable bonds is 28. The molecule has 1 aromatic heterocycles. The van der Waals surface area contributed by atoms with Crippen molar-refractivity contribution in [2.24, 2.45) is 0 Å². The Balaban J connectivity index is 1.16. The highest BCUT2D eigenvalue weighted by Gasteiger charge is 2.33. The molecule has 3 aromatic carbocycles. The number of hydrogen-bond acceptors (Lipinski definition) is 11. The summed E-state index contributed by atoms with van der Waals surface area (Å²) < 4.78 is 65.9. The third kappa shape index (κ3) is 12.9. The lowest BCUT2D eigenvalue weighted by molar-refractivity contribution is -0.0222. The number of methoxy groups -OCH3 is 2. The Kier molecular flexibility index (Phi) is 19.1. The standard InChI is InChI=1S/C39H52NO11P/c1-43-17-18-46-21-22-48-25-26-50-29-30-51-28-27-49-24-23-47-20-19-45-16-15-40-37-14-13-34(44-2)31-33(37)32-38(39(40)41)52(42,35-9-5-3-6-10-35)36-11-7-4-8-12-36/h3-14,31-32H,15-30H2,1-2H3. The van der Waals surface area contributed by atoms with Crippen LogP contribution in [0, 0.1) is 0 Å². The number of aromatic nitrogens is 1. The second-order valence-electron chi connectivity index (χ2n) is 11.5. The zero-order valence-electron chi connectivity index (χ0n) is 30.3. The van der Waals surface area contributed by atoms with E-state index in [0.29, 0.717) is 114 Å². The van der Waals surface area contributed by atoms with Gasteiger partial charge in [0, 0.05) is 29.6 Å². The Labute approximate surface area is 306 Å². The van der Waals surface area contributed by atoms with Crippen LogP contribution in [-0.2, 0) is 49.0 Å². The van der Waals surface area contributed by atoms with Crippen molar-refractivity contribution in [1.82, 2.24) is 4.57 Å². The van der Waals surface area contributed by atoms with Crippen LogP contribution in [0.2, 0.25) is 0 Å². The summed E-state index contributed by atoms with van der Waals surface area (Å²) in [6, 6.07) is 25.6. The van der Waals surface area contributed by atoms with Crippen LogP contribution in [0.5, 0.6) is 5.75 Å². The second-order valence-corrected chi connectivity index (χ2v) is 14.2. The maximum absolute atomic E-state index is 15.1. The monoisotopic (exact) mass is 741 g/mol. The van der Waals surface area contributed by atoms with Crippen molar-refractivity contribution < 1.29 is 47.2 Å². The largest absolute Gasteiger partial charge is 0.497 e. The van der Waals surface area contributed by atoms with E-state index in [4.69, 9.17) is 42.6 Å². The van der Waals surface area contributed by atoms with Crippen LogP contribution in [-0.4, -0.2) is 118 Å². The summed E-state index contributed by atoms with van der Waals surface area (Å²) in [7, 11) is -0.288. The first-order valence-electron chi connectivity index (χ1n) is 17.6. The molecule has 0 fully saturated rings. The number of hydrogen-bond donors (Lipinski definition) is 0. The number of benzene rings is 3. The quantitative estimate of drug-likeness (QED) is 0.0629. The fourth-order valence-corrected chi connectivity index (χ4v) is 8.10. The number of nitrogens with zero attached hydrogens (tertiary/aromatic N) is 1. The summed E-state index contributed by atoms with van der Waals surface area (Å²) in [4.78, 5) is 14.2. The van der Waals surface area contributed by atoms with E-state index >= 15 is 4.57 Å². The molecule has 0 spiro atoms. The number of pyridine rings is 1. The number of ether oxygens (including phenoxy) is 9. The van der Waals surface area contributed by atoms with E-state index < -0.39 is 7.14 Å². The van der Waals surface area contributed by atoms with Crippen LogP contribution in [0.3, 0.4) is 0 Å². The van der Waals surface area contributed by atoms with Gasteiger partial charge >= 0.3 is 0 Å². The zero-order valence-corrected chi connectivity index (χ0v) is 31.2. The van der Waals surface area contributed by atoms with Gasteiger partial charge in [0.2, 0.25) is 0 Å². The van der Waals surface area contributed by atoms with E-state index in [1.165, 1.54) is 0 Å². The molecule has 13 heteroatoms. The molecule has 4 aromatic rings. The molecule has 52 heavy (non-hydrogen) atoms. The summed E-state index contributed by atoms with van der Waals surface area (Å²) in [6.07, 6.45) is 0. The molecule has 0 unspecified atom stereocenters. The normalized spacial score (nSPS) is 11.7. The molecule has 0 saturated carbocycles.